The zero-order valence-corrected chi connectivity index (χ0v) is 12.2. The van der Waals surface area contributed by atoms with Gasteiger partial charge in [0.2, 0.25) is 5.91 Å². The molecule has 3 atom stereocenters. The van der Waals surface area contributed by atoms with Crippen LogP contribution in [0, 0.1) is 5.92 Å². The maximum atomic E-state index is 12.5. The van der Waals surface area contributed by atoms with Gasteiger partial charge in [0.1, 0.15) is 0 Å². The fourth-order valence-electron chi connectivity index (χ4n) is 3.10. The Morgan fingerprint density at radius 1 is 1.37 bits per heavy atom. The van der Waals surface area contributed by atoms with E-state index in [9.17, 15) is 4.79 Å². The van der Waals surface area contributed by atoms with Crippen molar-refractivity contribution in [2.45, 2.75) is 38.8 Å². The number of ether oxygens (including phenoxy) is 1. The minimum atomic E-state index is 0.0866. The normalized spacial score (nSPS) is 30.6. The number of nitrogens with zero attached hydrogens (tertiary/aromatic N) is 2. The summed E-state index contributed by atoms with van der Waals surface area (Å²) in [5, 5.41) is 0. The number of nitrogens with two attached hydrogens (primary N) is 1. The number of hydrogen-bond acceptors (Lipinski definition) is 4. The van der Waals surface area contributed by atoms with Crippen molar-refractivity contribution in [3.05, 3.63) is 0 Å². The Labute approximate surface area is 116 Å². The Morgan fingerprint density at radius 3 is 2.63 bits per heavy atom. The largest absolute Gasteiger partial charge is 0.377 e. The maximum Gasteiger partial charge on any atom is 0.228 e. The van der Waals surface area contributed by atoms with Crippen molar-refractivity contribution < 1.29 is 9.53 Å². The van der Waals surface area contributed by atoms with Gasteiger partial charge in [-0.15, -0.1) is 0 Å². The highest BCUT2D eigenvalue weighted by atomic mass is 16.5. The van der Waals surface area contributed by atoms with Crippen molar-refractivity contribution in [1.82, 2.24) is 9.80 Å². The Hall–Kier alpha value is -0.650. The van der Waals surface area contributed by atoms with Gasteiger partial charge in [-0.2, -0.15) is 0 Å². The van der Waals surface area contributed by atoms with E-state index in [4.69, 9.17) is 10.5 Å². The molecule has 2 N–H and O–H groups in total. The van der Waals surface area contributed by atoms with Crippen molar-refractivity contribution in [2.24, 2.45) is 11.7 Å². The number of amides is 1. The van der Waals surface area contributed by atoms with E-state index in [1.165, 1.54) is 0 Å². The van der Waals surface area contributed by atoms with Gasteiger partial charge < -0.3 is 15.4 Å². The van der Waals surface area contributed by atoms with Gasteiger partial charge in [0, 0.05) is 45.4 Å². The first kappa shape index (κ1) is 14.8. The third-order valence-corrected chi connectivity index (χ3v) is 4.52. The lowest BCUT2D eigenvalue weighted by Gasteiger charge is -2.39. The summed E-state index contributed by atoms with van der Waals surface area (Å²) < 4.78 is 5.63. The summed E-state index contributed by atoms with van der Waals surface area (Å²) in [5.74, 6) is 0.382. The van der Waals surface area contributed by atoms with Crippen molar-refractivity contribution in [2.75, 3.05) is 39.3 Å². The van der Waals surface area contributed by atoms with Crippen LogP contribution >= 0.6 is 0 Å². The minimum Gasteiger partial charge on any atom is -0.377 e. The number of carbonyl (C=O) groups is 1. The van der Waals surface area contributed by atoms with E-state index >= 15 is 0 Å². The quantitative estimate of drug-likeness (QED) is 0.797. The Morgan fingerprint density at radius 2 is 2.05 bits per heavy atom. The average Bonchev–Trinajstić information content (AvgIpc) is 2.94. The molecule has 0 bridgehead atoms. The molecular weight excluding hydrogens is 242 g/mol. The van der Waals surface area contributed by atoms with Crippen molar-refractivity contribution >= 4 is 5.91 Å². The maximum absolute atomic E-state index is 12.5. The van der Waals surface area contributed by atoms with Crippen LogP contribution in [0.1, 0.15) is 26.7 Å². The van der Waals surface area contributed by atoms with Crippen LogP contribution in [0.4, 0.5) is 0 Å². The van der Waals surface area contributed by atoms with Crippen LogP contribution in [0.5, 0.6) is 0 Å². The lowest BCUT2D eigenvalue weighted by molar-refractivity contribution is -0.139. The van der Waals surface area contributed by atoms with Crippen molar-refractivity contribution in [3.63, 3.8) is 0 Å². The van der Waals surface area contributed by atoms with Crippen molar-refractivity contribution in [1.29, 1.82) is 0 Å². The Bertz CT molecular complexity index is 303. The molecule has 0 aromatic rings. The standard InChI is InChI=1S/C14H27N3O2/c1-3-13-12(4-9-19-13)14(18)17-7-5-16(6-8-17)11(2)10-15/h11-13H,3-10,15H2,1-2H3. The number of piperazine rings is 1. The minimum absolute atomic E-state index is 0.0866. The molecule has 110 valence electrons. The monoisotopic (exact) mass is 269 g/mol. The van der Waals surface area contributed by atoms with E-state index in [0.717, 1.165) is 45.6 Å². The predicted molar refractivity (Wildman–Crippen MR) is 74.8 cm³/mol. The number of hydrogen-bond donors (Lipinski definition) is 1. The molecular formula is C14H27N3O2. The SMILES string of the molecule is CCC1OCCC1C(=O)N1CCN(C(C)CN)CC1. The molecule has 0 radical (unpaired) electrons. The first-order valence-electron chi connectivity index (χ1n) is 7.51. The molecule has 0 aromatic carbocycles. The average molecular weight is 269 g/mol. The van der Waals surface area contributed by atoms with Crippen LogP contribution in [0.2, 0.25) is 0 Å². The third kappa shape index (κ3) is 3.27. The Balaban J connectivity index is 1.85. The molecule has 5 heteroatoms. The smallest absolute Gasteiger partial charge is 0.228 e. The molecule has 2 rings (SSSR count). The number of rotatable bonds is 4. The molecule has 2 aliphatic rings. The summed E-state index contributed by atoms with van der Waals surface area (Å²) in [6.45, 7) is 9.20. The Kier molecular flexibility index (Phi) is 5.19. The summed E-state index contributed by atoms with van der Waals surface area (Å²) in [7, 11) is 0. The van der Waals surface area contributed by atoms with Gasteiger partial charge in [0.05, 0.1) is 12.0 Å². The molecule has 0 aromatic heterocycles. The van der Waals surface area contributed by atoms with E-state index < -0.39 is 0 Å². The first-order valence-corrected chi connectivity index (χ1v) is 7.51. The van der Waals surface area contributed by atoms with Crippen LogP contribution in [-0.2, 0) is 9.53 Å². The molecule has 0 spiro atoms. The van der Waals surface area contributed by atoms with Gasteiger partial charge in [0.25, 0.3) is 0 Å². The second-order valence-corrected chi connectivity index (χ2v) is 5.66. The fraction of sp³-hybridized carbons (Fsp3) is 0.929. The summed E-state index contributed by atoms with van der Waals surface area (Å²) in [4.78, 5) is 16.9. The van der Waals surface area contributed by atoms with Crippen LogP contribution in [-0.4, -0.2) is 67.2 Å². The van der Waals surface area contributed by atoms with Crippen LogP contribution in [0.15, 0.2) is 0 Å². The highest BCUT2D eigenvalue weighted by Gasteiger charge is 2.36. The molecule has 2 fully saturated rings. The fourth-order valence-corrected chi connectivity index (χ4v) is 3.10. The summed E-state index contributed by atoms with van der Waals surface area (Å²) in [5.41, 5.74) is 5.69. The van der Waals surface area contributed by atoms with Gasteiger partial charge in [0.15, 0.2) is 0 Å². The molecule has 3 unspecified atom stereocenters. The van der Waals surface area contributed by atoms with E-state index in [0.29, 0.717) is 18.5 Å². The van der Waals surface area contributed by atoms with Crippen LogP contribution in [0.25, 0.3) is 0 Å². The third-order valence-electron chi connectivity index (χ3n) is 4.52. The summed E-state index contributed by atoms with van der Waals surface area (Å²) in [6, 6.07) is 0.412. The van der Waals surface area contributed by atoms with Crippen LogP contribution < -0.4 is 5.73 Å². The van der Waals surface area contributed by atoms with E-state index in [2.05, 4.69) is 18.7 Å². The zero-order valence-electron chi connectivity index (χ0n) is 12.2. The van der Waals surface area contributed by atoms with Gasteiger partial charge in [-0.1, -0.05) is 6.92 Å². The molecule has 2 aliphatic heterocycles. The molecule has 2 heterocycles. The first-order chi connectivity index (χ1) is 9.17. The van der Waals surface area contributed by atoms with E-state index in [-0.39, 0.29) is 12.0 Å². The zero-order chi connectivity index (χ0) is 13.8. The second-order valence-electron chi connectivity index (χ2n) is 5.66. The van der Waals surface area contributed by atoms with Crippen LogP contribution in [0.3, 0.4) is 0 Å². The molecule has 0 saturated carbocycles. The van der Waals surface area contributed by atoms with Gasteiger partial charge in [-0.05, 0) is 19.8 Å². The summed E-state index contributed by atoms with van der Waals surface area (Å²) in [6.07, 6.45) is 1.95. The highest BCUT2D eigenvalue weighted by Crippen LogP contribution is 2.25. The predicted octanol–water partition coefficient (Wildman–Crippen LogP) is 0.293. The van der Waals surface area contributed by atoms with Crippen molar-refractivity contribution in [3.8, 4) is 0 Å². The molecule has 19 heavy (non-hydrogen) atoms. The molecule has 5 nitrogen and oxygen atoms in total. The lowest BCUT2D eigenvalue weighted by atomic mass is 9.97. The van der Waals surface area contributed by atoms with Gasteiger partial charge >= 0.3 is 0 Å². The van der Waals surface area contributed by atoms with Gasteiger partial charge in [-0.25, -0.2) is 0 Å². The van der Waals surface area contributed by atoms with E-state index in [1.807, 2.05) is 4.90 Å². The molecule has 0 aliphatic carbocycles. The molecule has 2 saturated heterocycles. The summed E-state index contributed by atoms with van der Waals surface area (Å²) >= 11 is 0. The highest BCUT2D eigenvalue weighted by molar-refractivity contribution is 5.79. The van der Waals surface area contributed by atoms with Gasteiger partial charge in [-0.3, -0.25) is 9.69 Å². The topological polar surface area (TPSA) is 58.8 Å². The second kappa shape index (κ2) is 6.68. The molecule has 1 amide bonds. The lowest BCUT2D eigenvalue weighted by Crippen LogP contribution is -2.54. The van der Waals surface area contributed by atoms with E-state index in [1.54, 1.807) is 0 Å². The number of carbonyl (C=O) groups excluding carboxylic acids is 1.